The molecule has 5 heteroatoms. The van der Waals surface area contributed by atoms with Gasteiger partial charge in [-0.15, -0.1) is 0 Å². The van der Waals surface area contributed by atoms with Crippen molar-refractivity contribution in [3.05, 3.63) is 30.3 Å². The summed E-state index contributed by atoms with van der Waals surface area (Å²) in [5.74, 6) is 0.702. The van der Waals surface area contributed by atoms with Crippen molar-refractivity contribution in [3.63, 3.8) is 0 Å². The largest absolute Gasteiger partial charge is 0.491 e. The van der Waals surface area contributed by atoms with Gasteiger partial charge < -0.3 is 25.4 Å². The van der Waals surface area contributed by atoms with Crippen LogP contribution in [0.3, 0.4) is 0 Å². The van der Waals surface area contributed by atoms with E-state index < -0.39 is 24.4 Å². The molecule has 94 valence electrons. The van der Waals surface area contributed by atoms with Crippen molar-refractivity contribution < 1.29 is 19.7 Å². The minimum absolute atomic E-state index is 0.189. The lowest BCUT2D eigenvalue weighted by Gasteiger charge is -2.35. The number of rotatable bonds is 3. The first-order chi connectivity index (χ1) is 8.18. The maximum Gasteiger partial charge on any atom is 0.120 e. The van der Waals surface area contributed by atoms with Gasteiger partial charge in [-0.05, 0) is 12.1 Å². The molecule has 1 saturated heterocycles. The van der Waals surface area contributed by atoms with E-state index in [0.29, 0.717) is 5.75 Å². The van der Waals surface area contributed by atoms with Crippen LogP contribution in [0, 0.1) is 0 Å². The van der Waals surface area contributed by atoms with Gasteiger partial charge in [0, 0.05) is 0 Å². The number of hydrogen-bond acceptors (Lipinski definition) is 5. The molecule has 0 amide bonds. The van der Waals surface area contributed by atoms with Crippen LogP contribution in [0.4, 0.5) is 0 Å². The SMILES string of the molecule is N[C@H]1CO[C@H](COc2ccccc2)[C@H](O)[C@@H]1O. The fourth-order valence-corrected chi connectivity index (χ4v) is 1.75. The summed E-state index contributed by atoms with van der Waals surface area (Å²) in [6.45, 7) is 0.413. The Morgan fingerprint density at radius 2 is 1.94 bits per heavy atom. The second kappa shape index (κ2) is 5.46. The highest BCUT2D eigenvalue weighted by Crippen LogP contribution is 2.16. The van der Waals surface area contributed by atoms with Crippen LogP contribution >= 0.6 is 0 Å². The van der Waals surface area contributed by atoms with Crippen molar-refractivity contribution in [2.75, 3.05) is 13.2 Å². The number of para-hydroxylation sites is 1. The Labute approximate surface area is 99.8 Å². The highest BCUT2D eigenvalue weighted by molar-refractivity contribution is 5.20. The Morgan fingerprint density at radius 3 is 2.65 bits per heavy atom. The van der Waals surface area contributed by atoms with E-state index in [9.17, 15) is 10.2 Å². The molecule has 0 aliphatic carbocycles. The lowest BCUT2D eigenvalue weighted by atomic mass is 9.99. The predicted molar refractivity (Wildman–Crippen MR) is 61.7 cm³/mol. The summed E-state index contributed by atoms with van der Waals surface area (Å²) in [5.41, 5.74) is 5.56. The van der Waals surface area contributed by atoms with E-state index in [1.165, 1.54) is 0 Å². The molecule has 1 fully saturated rings. The first kappa shape index (κ1) is 12.3. The Bertz CT molecular complexity index is 346. The number of nitrogens with two attached hydrogens (primary N) is 1. The molecule has 4 N–H and O–H groups in total. The lowest BCUT2D eigenvalue weighted by molar-refractivity contribution is -0.153. The molecule has 0 saturated carbocycles. The standard InChI is InChI=1S/C12H17NO4/c13-9-6-17-10(12(15)11(9)14)7-16-8-4-2-1-3-5-8/h1-5,9-12,14-15H,6-7,13H2/t9-,10+,11+,12-/m0/s1. The van der Waals surface area contributed by atoms with Gasteiger partial charge in [0.05, 0.1) is 18.8 Å². The van der Waals surface area contributed by atoms with E-state index in [2.05, 4.69) is 0 Å². The van der Waals surface area contributed by atoms with Crippen LogP contribution in [0.5, 0.6) is 5.75 Å². The average molecular weight is 239 g/mol. The second-order valence-corrected chi connectivity index (χ2v) is 4.14. The van der Waals surface area contributed by atoms with Crippen molar-refractivity contribution in [3.8, 4) is 5.75 Å². The Balaban J connectivity index is 1.87. The molecule has 1 aromatic rings. The maximum atomic E-state index is 9.75. The third-order valence-electron chi connectivity index (χ3n) is 2.83. The highest BCUT2D eigenvalue weighted by Gasteiger charge is 2.36. The van der Waals surface area contributed by atoms with Crippen LogP contribution in [0.15, 0.2) is 30.3 Å². The van der Waals surface area contributed by atoms with E-state index in [4.69, 9.17) is 15.2 Å². The number of ether oxygens (including phenoxy) is 2. The van der Waals surface area contributed by atoms with Gasteiger partial charge in [0.25, 0.3) is 0 Å². The monoisotopic (exact) mass is 239 g/mol. The highest BCUT2D eigenvalue weighted by atomic mass is 16.5. The molecule has 5 nitrogen and oxygen atoms in total. The zero-order valence-corrected chi connectivity index (χ0v) is 9.40. The molecule has 1 heterocycles. The number of aliphatic hydroxyl groups is 2. The van der Waals surface area contributed by atoms with Gasteiger partial charge >= 0.3 is 0 Å². The van der Waals surface area contributed by atoms with Crippen LogP contribution < -0.4 is 10.5 Å². The molecule has 1 aliphatic heterocycles. The number of aliphatic hydroxyl groups excluding tert-OH is 2. The molecule has 0 bridgehead atoms. The zero-order chi connectivity index (χ0) is 12.3. The molecular formula is C12H17NO4. The molecule has 0 radical (unpaired) electrons. The normalized spacial score (nSPS) is 33.4. The molecule has 0 spiro atoms. The van der Waals surface area contributed by atoms with Crippen LogP contribution in [-0.4, -0.2) is 47.8 Å². The maximum absolute atomic E-state index is 9.75. The molecular weight excluding hydrogens is 222 g/mol. The van der Waals surface area contributed by atoms with Crippen LogP contribution in [0.25, 0.3) is 0 Å². The van der Waals surface area contributed by atoms with E-state index in [0.717, 1.165) is 0 Å². The van der Waals surface area contributed by atoms with Crippen molar-refractivity contribution in [1.82, 2.24) is 0 Å². The van der Waals surface area contributed by atoms with E-state index in [-0.39, 0.29) is 13.2 Å². The van der Waals surface area contributed by atoms with Gasteiger partial charge in [0.2, 0.25) is 0 Å². The zero-order valence-electron chi connectivity index (χ0n) is 9.40. The smallest absolute Gasteiger partial charge is 0.120 e. The molecule has 2 rings (SSSR count). The Hall–Kier alpha value is -1.14. The predicted octanol–water partition coefficient (Wildman–Crippen LogP) is -0.487. The first-order valence-electron chi connectivity index (χ1n) is 5.59. The minimum atomic E-state index is -1.01. The van der Waals surface area contributed by atoms with Gasteiger partial charge in [-0.3, -0.25) is 0 Å². The summed E-state index contributed by atoms with van der Waals surface area (Å²) < 4.78 is 10.8. The van der Waals surface area contributed by atoms with E-state index in [1.54, 1.807) is 0 Å². The molecule has 0 unspecified atom stereocenters. The summed E-state index contributed by atoms with van der Waals surface area (Å²) in [5, 5.41) is 19.4. The van der Waals surface area contributed by atoms with Crippen LogP contribution in [0.1, 0.15) is 0 Å². The summed E-state index contributed by atoms with van der Waals surface area (Å²) in [7, 11) is 0. The summed E-state index contributed by atoms with van der Waals surface area (Å²) in [6, 6.07) is 8.70. The summed E-state index contributed by atoms with van der Waals surface area (Å²) >= 11 is 0. The van der Waals surface area contributed by atoms with Gasteiger partial charge in [0.15, 0.2) is 0 Å². The van der Waals surface area contributed by atoms with Gasteiger partial charge in [0.1, 0.15) is 24.6 Å². The molecule has 4 atom stereocenters. The topological polar surface area (TPSA) is 84.9 Å². The first-order valence-corrected chi connectivity index (χ1v) is 5.59. The molecule has 1 aromatic carbocycles. The van der Waals surface area contributed by atoms with Gasteiger partial charge in [-0.25, -0.2) is 0 Å². The van der Waals surface area contributed by atoms with E-state index >= 15 is 0 Å². The Morgan fingerprint density at radius 1 is 1.24 bits per heavy atom. The third-order valence-corrected chi connectivity index (χ3v) is 2.83. The second-order valence-electron chi connectivity index (χ2n) is 4.14. The molecule has 1 aliphatic rings. The van der Waals surface area contributed by atoms with Crippen molar-refractivity contribution >= 4 is 0 Å². The van der Waals surface area contributed by atoms with Gasteiger partial charge in [-0.1, -0.05) is 18.2 Å². The van der Waals surface area contributed by atoms with Crippen molar-refractivity contribution in [1.29, 1.82) is 0 Å². The van der Waals surface area contributed by atoms with E-state index in [1.807, 2.05) is 30.3 Å². The quantitative estimate of drug-likeness (QED) is 0.663. The summed E-state index contributed by atoms with van der Waals surface area (Å²) in [4.78, 5) is 0. The number of hydrogen-bond donors (Lipinski definition) is 3. The van der Waals surface area contributed by atoms with Crippen LogP contribution in [-0.2, 0) is 4.74 Å². The number of benzene rings is 1. The van der Waals surface area contributed by atoms with Gasteiger partial charge in [-0.2, -0.15) is 0 Å². The molecule has 0 aromatic heterocycles. The lowest BCUT2D eigenvalue weighted by Crippen LogP contribution is -2.57. The fraction of sp³-hybridized carbons (Fsp3) is 0.500. The fourth-order valence-electron chi connectivity index (χ4n) is 1.75. The summed E-state index contributed by atoms with van der Waals surface area (Å²) in [6.07, 6.45) is -2.53. The van der Waals surface area contributed by atoms with Crippen molar-refractivity contribution in [2.24, 2.45) is 5.73 Å². The third kappa shape index (κ3) is 2.95. The Kier molecular flexibility index (Phi) is 3.96. The average Bonchev–Trinajstić information content (AvgIpc) is 2.36. The van der Waals surface area contributed by atoms with Crippen molar-refractivity contribution in [2.45, 2.75) is 24.4 Å². The van der Waals surface area contributed by atoms with Crippen LogP contribution in [0.2, 0.25) is 0 Å². The minimum Gasteiger partial charge on any atom is -0.491 e. The molecule has 17 heavy (non-hydrogen) atoms.